The number of aromatic nitrogens is 9. The summed E-state index contributed by atoms with van der Waals surface area (Å²) in [5.74, 6) is -0.397. The Hall–Kier alpha value is -12.1. The van der Waals surface area contributed by atoms with Crippen molar-refractivity contribution in [3.8, 4) is 39.2 Å². The van der Waals surface area contributed by atoms with Crippen LogP contribution in [0.15, 0.2) is 303 Å². The Morgan fingerprint density at radius 3 is 1.08 bits per heavy atom. The first kappa shape index (κ1) is 80.9. The number of hydrogen-bond donors (Lipinski definition) is 0. The average molecular weight is 1550 g/mol. The second-order valence-electron chi connectivity index (χ2n) is 27.0. The number of nitrogens with zero attached hydrogens (tertiary/aromatic N) is 10. The van der Waals surface area contributed by atoms with E-state index >= 15 is 0 Å². The summed E-state index contributed by atoms with van der Waals surface area (Å²) in [6.07, 6.45) is -2.61. The average Bonchev–Trinajstić information content (AvgIpc) is 1.24. The van der Waals surface area contributed by atoms with E-state index < -0.39 is 25.9 Å². The summed E-state index contributed by atoms with van der Waals surface area (Å²) >= 11 is 3.52. The van der Waals surface area contributed by atoms with E-state index in [9.17, 15) is 17.6 Å². The van der Waals surface area contributed by atoms with Crippen LogP contribution in [0.25, 0.3) is 34.1 Å². The van der Waals surface area contributed by atoms with Gasteiger partial charge in [0.15, 0.2) is 10.8 Å². The number of methoxy groups -OCH3 is 1. The Kier molecular flexibility index (Phi) is 26.8. The number of rotatable bonds is 13. The fourth-order valence-electron chi connectivity index (χ4n) is 13.1. The zero-order valence-electron chi connectivity index (χ0n) is 65.6. The van der Waals surface area contributed by atoms with Crippen LogP contribution in [0.4, 0.5) is 33.9 Å². The summed E-state index contributed by atoms with van der Waals surface area (Å²) in [6, 6.07) is 98.8. The van der Waals surface area contributed by atoms with Crippen LogP contribution in [0.2, 0.25) is 0 Å². The molecule has 16 aromatic rings. The van der Waals surface area contributed by atoms with Crippen molar-refractivity contribution in [2.75, 3.05) is 12.0 Å². The minimum Gasteiger partial charge on any atom is -0.487 e. The molecule has 0 fully saturated rings. The van der Waals surface area contributed by atoms with Crippen LogP contribution in [0, 0.1) is 96.0 Å². The molecule has 9 aromatic carbocycles. The molecule has 0 saturated heterocycles. The first-order valence-electron chi connectivity index (χ1n) is 36.9. The number of hydrogen-bond acceptors (Lipinski definition) is 9. The van der Waals surface area contributed by atoms with Gasteiger partial charge in [-0.1, -0.05) is 206 Å². The van der Waals surface area contributed by atoms with Crippen molar-refractivity contribution in [3.63, 3.8) is 0 Å². The maximum Gasteiger partial charge on any atom is 0.435 e. The van der Waals surface area contributed by atoms with Crippen molar-refractivity contribution in [2.45, 2.75) is 96.2 Å². The van der Waals surface area contributed by atoms with Gasteiger partial charge >= 0.3 is 6.18 Å². The number of aryl methyl sites for hydroxylation is 2. The molecule has 568 valence electrons. The lowest BCUT2D eigenvalue weighted by Gasteiger charge is -2.32. The van der Waals surface area contributed by atoms with Gasteiger partial charge in [-0.05, 0) is 224 Å². The fourth-order valence-corrected chi connectivity index (χ4v) is 20.1. The highest BCUT2D eigenvalue weighted by Crippen LogP contribution is 2.41. The van der Waals surface area contributed by atoms with Crippen molar-refractivity contribution in [1.82, 2.24) is 44.1 Å². The molecular weight excluding hydrogens is 1450 g/mol. The van der Waals surface area contributed by atoms with E-state index in [0.29, 0.717) is 16.9 Å². The van der Waals surface area contributed by atoms with Crippen molar-refractivity contribution < 1.29 is 22.3 Å². The molecular formula is C94H92F4N10OS2Si. The number of para-hydroxylation sites is 6. The molecule has 0 N–H and O–H groups in total. The van der Waals surface area contributed by atoms with E-state index in [1.54, 1.807) is 84.8 Å². The summed E-state index contributed by atoms with van der Waals surface area (Å²) in [7, 11) is -0.900. The van der Waals surface area contributed by atoms with Crippen LogP contribution >= 0.6 is 22.7 Å². The van der Waals surface area contributed by atoms with Gasteiger partial charge in [-0.3, -0.25) is 4.98 Å². The molecule has 7 heterocycles. The number of thiophene rings is 2. The zero-order valence-corrected chi connectivity index (χ0v) is 68.2. The van der Waals surface area contributed by atoms with Crippen LogP contribution in [0.3, 0.4) is 0 Å². The van der Waals surface area contributed by atoms with Gasteiger partial charge in [0, 0.05) is 61.9 Å². The van der Waals surface area contributed by atoms with Crippen LogP contribution in [-0.2, 0) is 6.18 Å². The smallest absolute Gasteiger partial charge is 0.435 e. The monoisotopic (exact) mass is 1540 g/mol. The van der Waals surface area contributed by atoms with E-state index in [2.05, 4.69) is 281 Å². The fraction of sp³-hybridized carbons (Fsp3) is 0.160. The van der Waals surface area contributed by atoms with Gasteiger partial charge in [0.2, 0.25) is 14.0 Å². The molecule has 0 atom stereocenters. The first-order chi connectivity index (χ1) is 54.0. The largest absolute Gasteiger partial charge is 0.487 e. The standard InChI is InChI=1S/C29H26N2Si.C18H17NS.C16H15N3.C12H11F3N2.C11H11FN2.C8H12OS/c1-23-24(2)31(25-15-7-3-8-16-25)30-29(23)32(26-17-9-4-10-18-26,27-19-11-5-12-20-27)28-21-13-6-14-22-28;1-14-13-20-18(15(14)2)19(16-9-5-3-6-10-16)17-11-7-4-8-12-17;1-12-13(2)19(14-8-4-3-5-9-14)18-16(12)15-10-6-7-11-17-15;1-8-9(2)17(10-6-4-3-5-7-10)16-11(8)12(13,14)15;1-8-9(2)14(13-11(8)12)10-6-4-3-5-7-10;1-5-6(2)8(9-4)10-7(5)3/h3-22H,1-2H3;3-13H,1-2H3;3-11H,1-2H3;3-7H,1-2H3;3-7H,1-2H3;1-4H3. The molecule has 0 bridgehead atoms. The highest BCUT2D eigenvalue weighted by Gasteiger charge is 2.45. The summed E-state index contributed by atoms with van der Waals surface area (Å²) < 4.78 is 63.4. The van der Waals surface area contributed by atoms with E-state index in [1.165, 1.54) is 92.8 Å². The molecule has 0 saturated carbocycles. The lowest BCUT2D eigenvalue weighted by Crippen LogP contribution is -2.75. The molecule has 0 aliphatic carbocycles. The van der Waals surface area contributed by atoms with Gasteiger partial charge in [-0.2, -0.15) is 32.9 Å². The quantitative estimate of drug-likeness (QED) is 0.0644. The third-order valence-corrected chi connectivity index (χ3v) is 27.3. The Bertz CT molecular complexity index is 5450. The summed E-state index contributed by atoms with van der Waals surface area (Å²) in [5, 5.41) is 27.3. The third kappa shape index (κ3) is 18.2. The molecule has 0 aliphatic heterocycles. The third-order valence-electron chi connectivity index (χ3n) is 20.1. The highest BCUT2D eigenvalue weighted by molar-refractivity contribution is 7.19. The molecule has 0 amide bonds. The molecule has 0 unspecified atom stereocenters. The van der Waals surface area contributed by atoms with Crippen molar-refractivity contribution >= 4 is 68.0 Å². The van der Waals surface area contributed by atoms with Gasteiger partial charge in [0.1, 0.15) is 10.7 Å². The predicted molar refractivity (Wildman–Crippen MR) is 458 cm³/mol. The van der Waals surface area contributed by atoms with Gasteiger partial charge in [-0.15, -0.1) is 27.8 Å². The van der Waals surface area contributed by atoms with Crippen LogP contribution < -0.4 is 30.5 Å². The molecule has 112 heavy (non-hydrogen) atoms. The maximum absolute atomic E-state index is 13.2. The van der Waals surface area contributed by atoms with Gasteiger partial charge in [0.25, 0.3) is 0 Å². The number of halogens is 4. The molecule has 18 heteroatoms. The maximum atomic E-state index is 13.2. The number of benzene rings is 9. The SMILES string of the molecule is COc1sc(C)c(C)c1C.Cc1c(-c2ccccn2)nn(-c2ccccc2)c1C.Cc1c(C(F)(F)F)nn(-c2ccccc2)c1C.Cc1c(F)nn(-c2ccccc2)c1C.Cc1c([Si](c2ccccc2)(c2ccccc2)c2ccccc2)nn(-c2ccccc2)c1C.Cc1csc(N(c2ccccc2)c2ccccc2)c1C. The lowest BCUT2D eigenvalue weighted by molar-refractivity contribution is -0.141. The van der Waals surface area contributed by atoms with E-state index in [4.69, 9.17) is 14.9 Å². The normalized spacial score (nSPS) is 10.9. The van der Waals surface area contributed by atoms with Crippen LogP contribution in [-0.4, -0.2) is 59.3 Å². The first-order valence-corrected chi connectivity index (χ1v) is 40.6. The number of alkyl halides is 3. The Morgan fingerprint density at radius 2 is 0.741 bits per heavy atom. The second kappa shape index (κ2) is 37.1. The van der Waals surface area contributed by atoms with Crippen LogP contribution in [0.1, 0.15) is 77.9 Å². The molecule has 0 radical (unpaired) electrons. The van der Waals surface area contributed by atoms with E-state index in [0.717, 1.165) is 44.9 Å². The lowest BCUT2D eigenvalue weighted by atomic mass is 10.1. The minimum absolute atomic E-state index is 0.168. The van der Waals surface area contributed by atoms with Crippen LogP contribution in [0.5, 0.6) is 5.06 Å². The second-order valence-corrected chi connectivity index (χ2v) is 32.7. The molecule has 16 rings (SSSR count). The molecule has 11 nitrogen and oxygen atoms in total. The minimum atomic E-state index is -4.41. The van der Waals surface area contributed by atoms with Crippen molar-refractivity contribution in [2.24, 2.45) is 0 Å². The summed E-state index contributed by atoms with van der Waals surface area (Å²) in [5.41, 5.74) is 19.3. The molecule has 7 aromatic heterocycles. The molecule has 0 spiro atoms. The number of ether oxygens (including phenoxy) is 1. The Balaban J connectivity index is 0.000000138. The van der Waals surface area contributed by atoms with Gasteiger partial charge in [-0.25, -0.2) is 18.7 Å². The zero-order chi connectivity index (χ0) is 79.6. The number of pyridine rings is 1. The van der Waals surface area contributed by atoms with Crippen molar-refractivity contribution in [1.29, 1.82) is 0 Å². The Morgan fingerprint density at radius 1 is 0.375 bits per heavy atom. The Labute approximate surface area is 664 Å². The van der Waals surface area contributed by atoms with Gasteiger partial charge < -0.3 is 9.64 Å². The topological polar surface area (TPSA) is 96.6 Å². The number of anilines is 3. The van der Waals surface area contributed by atoms with E-state index in [-0.39, 0.29) is 5.56 Å². The highest BCUT2D eigenvalue weighted by atomic mass is 32.1. The summed E-state index contributed by atoms with van der Waals surface area (Å²) in [6.45, 7) is 25.9. The molecule has 0 aliphatic rings. The predicted octanol–water partition coefficient (Wildman–Crippen LogP) is 22.1. The van der Waals surface area contributed by atoms with Crippen molar-refractivity contribution in [3.05, 3.63) is 387 Å². The summed E-state index contributed by atoms with van der Waals surface area (Å²) in [4.78, 5) is 8.06. The van der Waals surface area contributed by atoms with Gasteiger partial charge in [0.05, 0.1) is 40.9 Å². The van der Waals surface area contributed by atoms with E-state index in [1.807, 2.05) is 84.4 Å².